The lowest BCUT2D eigenvalue weighted by Gasteiger charge is -2.50. The van der Waals surface area contributed by atoms with Gasteiger partial charge in [-0.2, -0.15) is 0 Å². The summed E-state index contributed by atoms with van der Waals surface area (Å²) in [6, 6.07) is 10.6. The van der Waals surface area contributed by atoms with Gasteiger partial charge < -0.3 is 10.6 Å². The monoisotopic (exact) mass is 313 g/mol. The third kappa shape index (κ3) is 2.39. The van der Waals surface area contributed by atoms with Crippen LogP contribution in [0.2, 0.25) is 0 Å². The highest BCUT2D eigenvalue weighted by Gasteiger charge is 2.47. The highest BCUT2D eigenvalue weighted by Crippen LogP contribution is 2.41. The lowest BCUT2D eigenvalue weighted by molar-refractivity contribution is -0.127. The quantitative estimate of drug-likeness (QED) is 0.913. The Balaban J connectivity index is 1.52. The molecule has 1 aromatic carbocycles. The fourth-order valence-electron chi connectivity index (χ4n) is 3.45. The molecule has 1 aromatic heterocycles. The summed E-state index contributed by atoms with van der Waals surface area (Å²) in [6.45, 7) is 0. The molecular weight excluding hydrogens is 294 g/mol. The van der Waals surface area contributed by atoms with Crippen LogP contribution in [0.1, 0.15) is 32.1 Å². The molecular formula is C17H19N3OS. The summed E-state index contributed by atoms with van der Waals surface area (Å²) < 4.78 is 0. The molecule has 5 heteroatoms. The standard InChI is InChI=1S/C17H19N3OS/c21-15-8-7-14(17(20-15)9-4-10-17)19-16-18-11-13(22-16)12-5-2-1-3-6-12/h1-3,5-6,11,14H,4,7-10H2,(H,18,19)(H,20,21). The molecule has 1 aliphatic carbocycles. The first kappa shape index (κ1) is 13.8. The average molecular weight is 313 g/mol. The van der Waals surface area contributed by atoms with Crippen molar-refractivity contribution in [2.75, 3.05) is 5.32 Å². The minimum absolute atomic E-state index is 0.0338. The number of piperidine rings is 1. The number of carbonyl (C=O) groups is 1. The number of aromatic nitrogens is 1. The van der Waals surface area contributed by atoms with E-state index >= 15 is 0 Å². The van der Waals surface area contributed by atoms with Gasteiger partial charge in [-0.3, -0.25) is 4.79 Å². The summed E-state index contributed by atoms with van der Waals surface area (Å²) in [4.78, 5) is 17.4. The summed E-state index contributed by atoms with van der Waals surface area (Å²) in [5.41, 5.74) is 1.16. The van der Waals surface area contributed by atoms with Crippen LogP contribution in [0.25, 0.3) is 10.4 Å². The van der Waals surface area contributed by atoms with E-state index in [1.165, 1.54) is 16.9 Å². The minimum atomic E-state index is -0.0338. The Bertz CT molecular complexity index is 678. The van der Waals surface area contributed by atoms with Gasteiger partial charge >= 0.3 is 0 Å². The first-order valence-corrected chi connectivity index (χ1v) is 8.66. The van der Waals surface area contributed by atoms with Crippen LogP contribution in [0.3, 0.4) is 0 Å². The number of carbonyl (C=O) groups excluding carboxylic acids is 1. The van der Waals surface area contributed by atoms with E-state index in [-0.39, 0.29) is 11.4 Å². The van der Waals surface area contributed by atoms with E-state index in [9.17, 15) is 4.79 Å². The molecule has 2 fully saturated rings. The van der Waals surface area contributed by atoms with Gasteiger partial charge in [0.05, 0.1) is 16.5 Å². The van der Waals surface area contributed by atoms with Crippen LogP contribution in [0.4, 0.5) is 5.13 Å². The zero-order valence-corrected chi connectivity index (χ0v) is 13.2. The van der Waals surface area contributed by atoms with Gasteiger partial charge in [0.15, 0.2) is 5.13 Å². The third-order valence-electron chi connectivity index (χ3n) is 4.82. The number of nitrogens with one attached hydrogen (secondary N) is 2. The Labute approximate surface area is 134 Å². The van der Waals surface area contributed by atoms with Crippen molar-refractivity contribution in [2.45, 2.75) is 43.7 Å². The van der Waals surface area contributed by atoms with E-state index in [2.05, 4.69) is 27.8 Å². The average Bonchev–Trinajstić information content (AvgIpc) is 2.97. The Hall–Kier alpha value is -1.88. The summed E-state index contributed by atoms with van der Waals surface area (Å²) in [5.74, 6) is 0.196. The van der Waals surface area contributed by atoms with Crippen LogP contribution in [0, 0.1) is 0 Å². The van der Waals surface area contributed by atoms with Crippen molar-refractivity contribution in [1.29, 1.82) is 0 Å². The highest BCUT2D eigenvalue weighted by atomic mass is 32.1. The van der Waals surface area contributed by atoms with E-state index < -0.39 is 0 Å². The first-order valence-electron chi connectivity index (χ1n) is 7.84. The molecule has 114 valence electrons. The van der Waals surface area contributed by atoms with Gasteiger partial charge in [0.2, 0.25) is 5.91 Å². The molecule has 1 aliphatic heterocycles. The molecule has 1 saturated carbocycles. The zero-order valence-electron chi connectivity index (χ0n) is 12.3. The van der Waals surface area contributed by atoms with Gasteiger partial charge in [0, 0.05) is 12.6 Å². The minimum Gasteiger partial charge on any atom is -0.356 e. The zero-order chi connectivity index (χ0) is 15.0. The fraction of sp³-hybridized carbons (Fsp3) is 0.412. The Morgan fingerprint density at radius 1 is 1.27 bits per heavy atom. The maximum atomic E-state index is 11.7. The Kier molecular flexibility index (Phi) is 3.37. The molecule has 2 aromatic rings. The number of hydrogen-bond acceptors (Lipinski definition) is 4. The van der Waals surface area contributed by atoms with Crippen LogP contribution < -0.4 is 10.6 Å². The Morgan fingerprint density at radius 2 is 2.09 bits per heavy atom. The number of thiazole rings is 1. The van der Waals surface area contributed by atoms with E-state index in [4.69, 9.17) is 0 Å². The third-order valence-corrected chi connectivity index (χ3v) is 5.80. The van der Waals surface area contributed by atoms with Gasteiger partial charge in [0.1, 0.15) is 0 Å². The van der Waals surface area contributed by atoms with Crippen LogP contribution >= 0.6 is 11.3 Å². The number of hydrogen-bond donors (Lipinski definition) is 2. The lowest BCUT2D eigenvalue weighted by Crippen LogP contribution is -2.66. The van der Waals surface area contributed by atoms with E-state index in [0.29, 0.717) is 12.5 Å². The van der Waals surface area contributed by atoms with Crippen molar-refractivity contribution in [2.24, 2.45) is 0 Å². The maximum Gasteiger partial charge on any atom is 0.220 e. The van der Waals surface area contributed by atoms with Crippen molar-refractivity contribution in [3.05, 3.63) is 36.5 Å². The number of nitrogens with zero attached hydrogens (tertiary/aromatic N) is 1. The van der Waals surface area contributed by atoms with E-state index in [1.807, 2.05) is 24.4 Å². The smallest absolute Gasteiger partial charge is 0.220 e. The molecule has 2 heterocycles. The SMILES string of the molecule is O=C1CCC(Nc2ncc(-c3ccccc3)s2)C2(CCC2)N1. The first-order chi connectivity index (χ1) is 10.8. The highest BCUT2D eigenvalue weighted by molar-refractivity contribution is 7.18. The second-order valence-electron chi connectivity index (χ2n) is 6.19. The van der Waals surface area contributed by atoms with Crippen LogP contribution in [-0.2, 0) is 4.79 Å². The van der Waals surface area contributed by atoms with Crippen LogP contribution in [-0.4, -0.2) is 22.5 Å². The summed E-state index contributed by atoms with van der Waals surface area (Å²) in [6.07, 6.45) is 6.78. The van der Waals surface area contributed by atoms with Gasteiger partial charge in [0.25, 0.3) is 0 Å². The summed E-state index contributed by atoms with van der Waals surface area (Å²) in [5, 5.41) is 7.74. The molecule has 1 amide bonds. The number of amides is 1. The molecule has 2 N–H and O–H groups in total. The van der Waals surface area contributed by atoms with E-state index in [0.717, 1.165) is 24.4 Å². The summed E-state index contributed by atoms with van der Waals surface area (Å²) >= 11 is 1.68. The number of rotatable bonds is 3. The van der Waals surface area contributed by atoms with Crippen LogP contribution in [0.5, 0.6) is 0 Å². The van der Waals surface area contributed by atoms with Crippen molar-refractivity contribution >= 4 is 22.4 Å². The number of anilines is 1. The second kappa shape index (κ2) is 5.39. The molecule has 4 nitrogen and oxygen atoms in total. The van der Waals surface area contributed by atoms with Gasteiger partial charge in [-0.1, -0.05) is 41.7 Å². The van der Waals surface area contributed by atoms with Gasteiger partial charge in [-0.05, 0) is 31.2 Å². The molecule has 1 atom stereocenters. The Morgan fingerprint density at radius 3 is 2.82 bits per heavy atom. The van der Waals surface area contributed by atoms with Crippen molar-refractivity contribution in [3.63, 3.8) is 0 Å². The van der Waals surface area contributed by atoms with Gasteiger partial charge in [-0.25, -0.2) is 4.98 Å². The molecule has 1 unspecified atom stereocenters. The summed E-state index contributed by atoms with van der Waals surface area (Å²) in [7, 11) is 0. The normalized spacial score (nSPS) is 22.9. The molecule has 2 aliphatic rings. The van der Waals surface area contributed by atoms with Crippen LogP contribution in [0.15, 0.2) is 36.5 Å². The predicted octanol–water partition coefficient (Wildman–Crippen LogP) is 3.42. The lowest BCUT2D eigenvalue weighted by atomic mass is 9.68. The van der Waals surface area contributed by atoms with E-state index in [1.54, 1.807) is 11.3 Å². The molecule has 4 rings (SSSR count). The maximum absolute atomic E-state index is 11.7. The van der Waals surface area contributed by atoms with Crippen molar-refractivity contribution in [3.8, 4) is 10.4 Å². The second-order valence-corrected chi connectivity index (χ2v) is 7.22. The molecule has 22 heavy (non-hydrogen) atoms. The van der Waals surface area contributed by atoms with Crippen molar-refractivity contribution < 1.29 is 4.79 Å². The fourth-order valence-corrected chi connectivity index (χ4v) is 4.32. The molecule has 1 saturated heterocycles. The molecule has 0 radical (unpaired) electrons. The number of benzene rings is 1. The molecule has 1 spiro atoms. The van der Waals surface area contributed by atoms with Crippen molar-refractivity contribution in [1.82, 2.24) is 10.3 Å². The largest absolute Gasteiger partial charge is 0.356 e. The topological polar surface area (TPSA) is 54.0 Å². The molecule has 0 bridgehead atoms. The van der Waals surface area contributed by atoms with Gasteiger partial charge in [-0.15, -0.1) is 0 Å². The predicted molar refractivity (Wildman–Crippen MR) is 88.9 cm³/mol.